The first-order chi connectivity index (χ1) is 21.7. The molecule has 11 heteroatoms. The first-order valence-electron chi connectivity index (χ1n) is 16.2. The molecule has 2 aromatic rings. The maximum absolute atomic E-state index is 14.0. The minimum absolute atomic E-state index is 0.0658. The molecule has 46 heavy (non-hydrogen) atoms. The van der Waals surface area contributed by atoms with Crippen LogP contribution in [0.2, 0.25) is 0 Å². The highest BCUT2D eigenvalue weighted by molar-refractivity contribution is 7.20. The van der Waals surface area contributed by atoms with Crippen LogP contribution in [0, 0.1) is 5.41 Å². The largest absolute Gasteiger partial charge is 0.469 e. The molecule has 3 fully saturated rings. The third kappa shape index (κ3) is 7.91. The monoisotopic (exact) mass is 653 g/mol. The van der Waals surface area contributed by atoms with Gasteiger partial charge < -0.3 is 19.1 Å². The van der Waals surface area contributed by atoms with E-state index in [4.69, 9.17) is 14.2 Å². The molecule has 1 atom stereocenters. The molecule has 4 heterocycles. The number of benzene rings is 1. The average Bonchev–Trinajstić information content (AvgIpc) is 3.51. The predicted octanol–water partition coefficient (Wildman–Crippen LogP) is 6.28. The Kier molecular flexibility index (Phi) is 9.84. The highest BCUT2D eigenvalue weighted by atomic mass is 32.1. The second kappa shape index (κ2) is 13.4. The van der Waals surface area contributed by atoms with E-state index in [1.165, 1.54) is 18.4 Å². The van der Waals surface area contributed by atoms with Crippen LogP contribution in [0.3, 0.4) is 0 Å². The Labute approximate surface area is 275 Å². The van der Waals surface area contributed by atoms with Gasteiger partial charge in [0.15, 0.2) is 0 Å². The van der Waals surface area contributed by atoms with E-state index in [0.717, 1.165) is 54.7 Å². The Hall–Kier alpha value is -3.44. The minimum atomic E-state index is -0.686. The minimum Gasteiger partial charge on any atom is -0.469 e. The predicted molar refractivity (Wildman–Crippen MR) is 177 cm³/mol. The van der Waals surface area contributed by atoms with Crippen molar-refractivity contribution in [2.75, 3.05) is 38.6 Å². The molecule has 1 aromatic heterocycles. The molecule has 0 aliphatic carbocycles. The summed E-state index contributed by atoms with van der Waals surface area (Å²) in [7, 11) is 1.38. The molecule has 3 aliphatic rings. The first kappa shape index (κ1) is 33.9. The lowest BCUT2D eigenvalue weighted by molar-refractivity contribution is -0.154. The highest BCUT2D eigenvalue weighted by Gasteiger charge is 2.54. The molecule has 3 saturated heterocycles. The SMILES string of the molecule is COC(=O)CCc1ccc(-c2cc(C(=O)N3CCC(N4CCCC5(C4)CC(C)(C)OC5=O)CC3)c(NC(=O)OC(C)(C)C)s2)cc1. The van der Waals surface area contributed by atoms with Gasteiger partial charge in [-0.2, -0.15) is 0 Å². The standard InChI is InChI=1S/C35H47N3O7S/c1-33(2,3)45-32(42)36-29-26(20-27(46-29)24-11-8-23(9-12-24)10-13-28(39)43-6)30(40)37-18-14-25(15-19-37)38-17-7-16-35(22-38)21-34(4,5)44-31(35)41/h8-9,11-12,20,25H,7,10,13-19,21-22H2,1-6H3,(H,36,42). The molecule has 3 aliphatic heterocycles. The Balaban J connectivity index is 1.29. The van der Waals surface area contributed by atoms with Gasteiger partial charge in [-0.15, -0.1) is 11.3 Å². The van der Waals surface area contributed by atoms with Crippen LogP contribution in [0.15, 0.2) is 30.3 Å². The van der Waals surface area contributed by atoms with Crippen LogP contribution in [0.1, 0.15) is 89.1 Å². The number of anilines is 1. The van der Waals surface area contributed by atoms with Gasteiger partial charge in [0.2, 0.25) is 0 Å². The molecule has 1 unspecified atom stereocenters. The van der Waals surface area contributed by atoms with Crippen LogP contribution in [-0.2, 0) is 30.2 Å². The zero-order valence-electron chi connectivity index (χ0n) is 27.9. The number of carbonyl (C=O) groups is 4. The number of rotatable bonds is 7. The zero-order chi connectivity index (χ0) is 33.3. The number of hydrogen-bond donors (Lipinski definition) is 1. The molecule has 5 rings (SSSR count). The first-order valence-corrected chi connectivity index (χ1v) is 17.1. The smallest absolute Gasteiger partial charge is 0.412 e. The number of likely N-dealkylation sites (tertiary alicyclic amines) is 2. The van der Waals surface area contributed by atoms with Gasteiger partial charge in [0.25, 0.3) is 5.91 Å². The fourth-order valence-corrected chi connectivity index (χ4v) is 8.08. The summed E-state index contributed by atoms with van der Waals surface area (Å²) in [6.07, 6.45) is 4.48. The topological polar surface area (TPSA) is 114 Å². The number of amides is 2. The van der Waals surface area contributed by atoms with Crippen LogP contribution in [0.25, 0.3) is 10.4 Å². The Morgan fingerprint density at radius 2 is 1.78 bits per heavy atom. The van der Waals surface area contributed by atoms with Crippen LogP contribution in [0.5, 0.6) is 0 Å². The van der Waals surface area contributed by atoms with E-state index in [-0.39, 0.29) is 17.8 Å². The van der Waals surface area contributed by atoms with E-state index >= 15 is 0 Å². The van der Waals surface area contributed by atoms with E-state index in [0.29, 0.717) is 49.1 Å². The number of methoxy groups -OCH3 is 1. The Bertz CT molecular complexity index is 1450. The molecule has 0 radical (unpaired) electrons. The summed E-state index contributed by atoms with van der Waals surface area (Å²) in [5.74, 6) is -0.448. The number of cyclic esters (lactones) is 1. The van der Waals surface area contributed by atoms with Gasteiger partial charge in [0.1, 0.15) is 16.2 Å². The number of esters is 2. The normalized spacial score (nSPS) is 22.0. The molecule has 0 saturated carbocycles. The van der Waals surface area contributed by atoms with E-state index in [1.807, 2.05) is 49.1 Å². The number of aryl methyl sites for hydroxylation is 1. The number of hydrogen-bond acceptors (Lipinski definition) is 9. The second-order valence-corrected chi connectivity index (χ2v) is 15.5. The van der Waals surface area contributed by atoms with E-state index in [9.17, 15) is 19.2 Å². The molecular weight excluding hydrogens is 606 g/mol. The fourth-order valence-electron chi connectivity index (χ4n) is 7.04. The number of nitrogens with zero attached hydrogens (tertiary/aromatic N) is 2. The van der Waals surface area contributed by atoms with Crippen LogP contribution < -0.4 is 5.32 Å². The maximum atomic E-state index is 14.0. The number of ether oxygens (including phenoxy) is 3. The van der Waals surface area contributed by atoms with E-state index in [1.54, 1.807) is 20.8 Å². The summed E-state index contributed by atoms with van der Waals surface area (Å²) in [4.78, 5) is 56.4. The number of carbonyl (C=O) groups excluding carboxylic acids is 4. The van der Waals surface area contributed by atoms with Crippen LogP contribution in [0.4, 0.5) is 9.80 Å². The lowest BCUT2D eigenvalue weighted by Gasteiger charge is -2.44. The van der Waals surface area contributed by atoms with Gasteiger partial charge in [0, 0.05) is 43.4 Å². The number of thiophene rings is 1. The summed E-state index contributed by atoms with van der Waals surface area (Å²) in [6, 6.07) is 9.99. The number of nitrogens with one attached hydrogen (secondary N) is 1. The van der Waals surface area contributed by atoms with Crippen molar-refractivity contribution in [2.45, 2.75) is 96.8 Å². The van der Waals surface area contributed by atoms with Crippen molar-refractivity contribution in [1.29, 1.82) is 0 Å². The molecule has 0 bridgehead atoms. The van der Waals surface area contributed by atoms with Crippen molar-refractivity contribution in [3.63, 3.8) is 0 Å². The van der Waals surface area contributed by atoms with Crippen LogP contribution >= 0.6 is 11.3 Å². The molecule has 2 amide bonds. The fraction of sp³-hybridized carbons (Fsp3) is 0.600. The lowest BCUT2D eigenvalue weighted by atomic mass is 9.74. The van der Waals surface area contributed by atoms with Crippen molar-refractivity contribution in [3.05, 3.63) is 41.5 Å². The summed E-state index contributed by atoms with van der Waals surface area (Å²) in [5.41, 5.74) is 0.812. The summed E-state index contributed by atoms with van der Waals surface area (Å²) >= 11 is 1.34. The molecular formula is C35H47N3O7S. The number of piperidine rings is 2. The Morgan fingerprint density at radius 3 is 2.39 bits per heavy atom. The summed E-state index contributed by atoms with van der Waals surface area (Å²) in [5, 5.41) is 3.28. The Morgan fingerprint density at radius 1 is 1.09 bits per heavy atom. The molecule has 1 aromatic carbocycles. The van der Waals surface area contributed by atoms with Gasteiger partial charge in [0.05, 0.1) is 18.1 Å². The quantitative estimate of drug-likeness (QED) is 0.274. The third-order valence-electron chi connectivity index (χ3n) is 9.10. The van der Waals surface area contributed by atoms with Gasteiger partial charge >= 0.3 is 18.0 Å². The molecule has 1 spiro atoms. The molecule has 1 N–H and O–H groups in total. The van der Waals surface area contributed by atoms with E-state index < -0.39 is 22.7 Å². The zero-order valence-corrected chi connectivity index (χ0v) is 28.7. The summed E-state index contributed by atoms with van der Waals surface area (Å²) < 4.78 is 16.0. The van der Waals surface area contributed by atoms with Crippen molar-refractivity contribution < 1.29 is 33.4 Å². The maximum Gasteiger partial charge on any atom is 0.412 e. The second-order valence-electron chi connectivity index (χ2n) is 14.5. The third-order valence-corrected chi connectivity index (χ3v) is 10.2. The average molecular weight is 654 g/mol. The van der Waals surface area contributed by atoms with Gasteiger partial charge in [-0.05, 0) is 90.5 Å². The van der Waals surface area contributed by atoms with Crippen molar-refractivity contribution in [3.8, 4) is 10.4 Å². The van der Waals surface area contributed by atoms with Gasteiger partial charge in [-0.25, -0.2) is 4.79 Å². The van der Waals surface area contributed by atoms with Gasteiger partial charge in [-0.1, -0.05) is 24.3 Å². The van der Waals surface area contributed by atoms with E-state index in [2.05, 4.69) is 10.2 Å². The lowest BCUT2D eigenvalue weighted by Crippen LogP contribution is -2.53. The molecule has 250 valence electrons. The van der Waals surface area contributed by atoms with Gasteiger partial charge in [-0.3, -0.25) is 24.6 Å². The molecule has 10 nitrogen and oxygen atoms in total. The van der Waals surface area contributed by atoms with Crippen molar-refractivity contribution in [1.82, 2.24) is 9.80 Å². The van der Waals surface area contributed by atoms with Crippen molar-refractivity contribution >= 4 is 40.3 Å². The highest BCUT2D eigenvalue weighted by Crippen LogP contribution is 2.47. The summed E-state index contributed by atoms with van der Waals surface area (Å²) in [6.45, 7) is 12.2. The van der Waals surface area contributed by atoms with Crippen LogP contribution in [-0.4, -0.2) is 84.3 Å². The van der Waals surface area contributed by atoms with Crippen molar-refractivity contribution in [2.24, 2.45) is 5.41 Å².